The van der Waals surface area contributed by atoms with Gasteiger partial charge in [-0.3, -0.25) is 4.79 Å². The number of nitrogens with zero attached hydrogens (tertiary/aromatic N) is 3. The highest BCUT2D eigenvalue weighted by atomic mass is 16.2. The Morgan fingerprint density at radius 2 is 2.14 bits per heavy atom. The van der Waals surface area contributed by atoms with E-state index in [-0.39, 0.29) is 0 Å². The van der Waals surface area contributed by atoms with Gasteiger partial charge in [0.2, 0.25) is 5.91 Å². The van der Waals surface area contributed by atoms with Gasteiger partial charge in [0.15, 0.2) is 0 Å². The zero-order chi connectivity index (χ0) is 15.0. The number of aryl methyl sites for hydroxylation is 1. The Hall–Kier alpha value is -1.32. The van der Waals surface area contributed by atoms with Crippen LogP contribution in [0.3, 0.4) is 0 Å². The first kappa shape index (κ1) is 14.6. The Labute approximate surface area is 127 Å². The van der Waals surface area contributed by atoms with Crippen LogP contribution >= 0.6 is 0 Å². The molecule has 1 aromatic rings. The van der Waals surface area contributed by atoms with Crippen LogP contribution in [0.15, 0.2) is 6.20 Å². The van der Waals surface area contributed by atoms with Crippen molar-refractivity contribution in [1.29, 1.82) is 0 Å². The van der Waals surface area contributed by atoms with E-state index in [1.807, 2.05) is 6.20 Å². The van der Waals surface area contributed by atoms with Gasteiger partial charge in [-0.2, -0.15) is 0 Å². The third-order valence-electron chi connectivity index (χ3n) is 5.10. The van der Waals surface area contributed by atoms with Crippen molar-refractivity contribution < 1.29 is 4.79 Å². The number of aromatic nitrogens is 2. The first-order chi connectivity index (χ1) is 10.1. The topological polar surface area (TPSA) is 38.1 Å². The Morgan fingerprint density at radius 3 is 2.76 bits per heavy atom. The molecule has 0 spiro atoms. The molecular formula is C17H27N3O. The lowest BCUT2D eigenvalue weighted by atomic mass is 9.84. The van der Waals surface area contributed by atoms with Crippen LogP contribution in [-0.2, 0) is 11.2 Å². The number of rotatable bonds is 4. The van der Waals surface area contributed by atoms with Gasteiger partial charge in [-0.05, 0) is 46.0 Å². The molecule has 0 radical (unpaired) electrons. The second-order valence-corrected chi connectivity index (χ2v) is 7.05. The third-order valence-corrected chi connectivity index (χ3v) is 5.10. The average molecular weight is 289 g/mol. The van der Waals surface area contributed by atoms with Gasteiger partial charge in [0, 0.05) is 43.4 Å². The van der Waals surface area contributed by atoms with Crippen LogP contribution in [0.1, 0.15) is 57.1 Å². The highest BCUT2D eigenvalue weighted by Crippen LogP contribution is 2.31. The number of hydrogen-bond acceptors (Lipinski definition) is 2. The summed E-state index contributed by atoms with van der Waals surface area (Å²) in [5.41, 5.74) is 1.24. The van der Waals surface area contributed by atoms with E-state index in [4.69, 9.17) is 0 Å². The quantitative estimate of drug-likeness (QED) is 0.854. The molecule has 21 heavy (non-hydrogen) atoms. The molecule has 1 saturated carbocycles. The molecule has 1 atom stereocenters. The first-order valence-electron chi connectivity index (χ1n) is 8.37. The van der Waals surface area contributed by atoms with Crippen molar-refractivity contribution in [3.63, 3.8) is 0 Å². The van der Waals surface area contributed by atoms with Gasteiger partial charge in [0.25, 0.3) is 0 Å². The molecule has 2 aliphatic rings. The van der Waals surface area contributed by atoms with Crippen molar-refractivity contribution in [3.8, 4) is 0 Å². The monoisotopic (exact) mass is 289 g/mol. The molecular weight excluding hydrogens is 262 g/mol. The van der Waals surface area contributed by atoms with Crippen molar-refractivity contribution >= 4 is 5.91 Å². The fourth-order valence-electron chi connectivity index (χ4n) is 3.72. The van der Waals surface area contributed by atoms with Gasteiger partial charge in [-0.1, -0.05) is 6.42 Å². The summed E-state index contributed by atoms with van der Waals surface area (Å²) in [5.74, 6) is 2.51. The number of carbonyl (C=O) groups excluding carboxylic acids is 1. The molecule has 1 unspecified atom stereocenters. The molecule has 1 saturated heterocycles. The normalized spacial score (nSPS) is 22.9. The molecule has 1 aromatic heterocycles. The number of amides is 1. The maximum absolute atomic E-state index is 12.3. The lowest BCUT2D eigenvalue weighted by molar-refractivity contribution is -0.137. The van der Waals surface area contributed by atoms with E-state index in [1.165, 1.54) is 17.9 Å². The van der Waals surface area contributed by atoms with E-state index in [0.717, 1.165) is 38.8 Å². The van der Waals surface area contributed by atoms with E-state index in [2.05, 4.69) is 35.2 Å². The molecule has 2 fully saturated rings. The number of likely N-dealkylation sites (tertiary alicyclic amines) is 1. The molecule has 1 aliphatic heterocycles. The SMILES string of the molecule is Cc1cnc(CC2CCN(C(=O)C3CCC3)C2)n1C(C)C. The summed E-state index contributed by atoms with van der Waals surface area (Å²) in [4.78, 5) is 19.0. The molecule has 0 N–H and O–H groups in total. The minimum atomic E-state index is 0.337. The van der Waals surface area contributed by atoms with Gasteiger partial charge < -0.3 is 9.47 Å². The van der Waals surface area contributed by atoms with Gasteiger partial charge in [0.1, 0.15) is 5.82 Å². The molecule has 0 aromatic carbocycles. The smallest absolute Gasteiger partial charge is 0.225 e. The number of imidazole rings is 1. The maximum atomic E-state index is 12.3. The predicted molar refractivity (Wildman–Crippen MR) is 83.1 cm³/mol. The first-order valence-corrected chi connectivity index (χ1v) is 8.37. The van der Waals surface area contributed by atoms with Crippen molar-refractivity contribution in [2.24, 2.45) is 11.8 Å². The second-order valence-electron chi connectivity index (χ2n) is 7.05. The summed E-state index contributed by atoms with van der Waals surface area (Å²) in [7, 11) is 0. The van der Waals surface area contributed by atoms with Crippen LogP contribution in [-0.4, -0.2) is 33.4 Å². The Bertz CT molecular complexity index is 516. The van der Waals surface area contributed by atoms with Crippen LogP contribution < -0.4 is 0 Å². The van der Waals surface area contributed by atoms with Crippen molar-refractivity contribution in [1.82, 2.24) is 14.5 Å². The minimum absolute atomic E-state index is 0.337. The van der Waals surface area contributed by atoms with E-state index >= 15 is 0 Å². The van der Waals surface area contributed by atoms with Crippen LogP contribution in [0.4, 0.5) is 0 Å². The van der Waals surface area contributed by atoms with Gasteiger partial charge in [-0.25, -0.2) is 4.98 Å². The zero-order valence-corrected chi connectivity index (χ0v) is 13.5. The molecule has 116 valence electrons. The highest BCUT2D eigenvalue weighted by Gasteiger charge is 2.34. The molecule has 0 bridgehead atoms. The van der Waals surface area contributed by atoms with Crippen LogP contribution in [0, 0.1) is 18.8 Å². The summed E-state index contributed by atoms with van der Waals surface area (Å²) in [6, 6.07) is 0.455. The fraction of sp³-hybridized carbons (Fsp3) is 0.765. The molecule has 2 heterocycles. The fourth-order valence-corrected chi connectivity index (χ4v) is 3.72. The second kappa shape index (κ2) is 5.82. The Kier molecular flexibility index (Phi) is 4.05. The van der Waals surface area contributed by atoms with E-state index in [1.54, 1.807) is 0 Å². The Balaban J connectivity index is 1.61. The van der Waals surface area contributed by atoms with E-state index in [9.17, 15) is 4.79 Å². The summed E-state index contributed by atoms with van der Waals surface area (Å²) >= 11 is 0. The van der Waals surface area contributed by atoms with Crippen molar-refractivity contribution in [2.45, 2.75) is 58.9 Å². The molecule has 1 amide bonds. The molecule has 1 aliphatic carbocycles. The highest BCUT2D eigenvalue weighted by molar-refractivity contribution is 5.79. The van der Waals surface area contributed by atoms with E-state index < -0.39 is 0 Å². The van der Waals surface area contributed by atoms with Crippen LogP contribution in [0.25, 0.3) is 0 Å². The lowest BCUT2D eigenvalue weighted by Gasteiger charge is -2.29. The third kappa shape index (κ3) is 2.85. The number of hydrogen-bond donors (Lipinski definition) is 0. The maximum Gasteiger partial charge on any atom is 0.225 e. The predicted octanol–water partition coefficient (Wildman–Crippen LogP) is 2.96. The van der Waals surface area contributed by atoms with Crippen molar-refractivity contribution in [3.05, 3.63) is 17.7 Å². The van der Waals surface area contributed by atoms with Crippen LogP contribution in [0.5, 0.6) is 0 Å². The summed E-state index contributed by atoms with van der Waals surface area (Å²) in [5, 5.41) is 0. The largest absolute Gasteiger partial charge is 0.342 e. The summed E-state index contributed by atoms with van der Waals surface area (Å²) in [6.45, 7) is 8.41. The van der Waals surface area contributed by atoms with Crippen LogP contribution in [0.2, 0.25) is 0 Å². The standard InChI is InChI=1S/C17H27N3O/c1-12(2)20-13(3)10-18-16(20)9-14-7-8-19(11-14)17(21)15-5-4-6-15/h10,12,14-15H,4-9,11H2,1-3H3. The summed E-state index contributed by atoms with van der Waals surface area (Å²) < 4.78 is 2.33. The van der Waals surface area contributed by atoms with Gasteiger partial charge >= 0.3 is 0 Å². The lowest BCUT2D eigenvalue weighted by Crippen LogP contribution is -2.37. The van der Waals surface area contributed by atoms with E-state index in [0.29, 0.717) is 23.8 Å². The number of carbonyl (C=O) groups is 1. The van der Waals surface area contributed by atoms with Gasteiger partial charge in [-0.15, -0.1) is 0 Å². The average Bonchev–Trinajstić information content (AvgIpc) is 2.95. The molecule has 4 nitrogen and oxygen atoms in total. The Morgan fingerprint density at radius 1 is 1.38 bits per heavy atom. The summed E-state index contributed by atoms with van der Waals surface area (Å²) in [6.07, 6.45) is 7.55. The minimum Gasteiger partial charge on any atom is -0.342 e. The molecule has 3 rings (SSSR count). The zero-order valence-electron chi connectivity index (χ0n) is 13.5. The van der Waals surface area contributed by atoms with Crippen molar-refractivity contribution in [2.75, 3.05) is 13.1 Å². The molecule has 4 heteroatoms. The van der Waals surface area contributed by atoms with Gasteiger partial charge in [0.05, 0.1) is 0 Å².